The Hall–Kier alpha value is -1.24. The molecule has 0 spiro atoms. The molecule has 1 heterocycles. The Morgan fingerprint density at radius 3 is 3.06 bits per heavy atom. The Labute approximate surface area is 99.2 Å². The molecule has 1 aliphatic rings. The molecule has 1 aliphatic heterocycles. The Balaban J connectivity index is 2.31. The lowest BCUT2D eigenvalue weighted by molar-refractivity contribution is 0.254. The first-order valence-electron chi connectivity index (χ1n) is 5.19. The molecule has 3 nitrogen and oxygen atoms in total. The molecule has 0 aliphatic carbocycles. The van der Waals surface area contributed by atoms with Crippen LogP contribution in [0.5, 0.6) is 5.75 Å². The molecular formula is C12H12ClNO2. The smallest absolute Gasteiger partial charge is 0.125 e. The zero-order chi connectivity index (χ0) is 11.5. The van der Waals surface area contributed by atoms with Crippen LogP contribution < -0.4 is 4.74 Å². The Morgan fingerprint density at radius 2 is 2.38 bits per heavy atom. The van der Waals surface area contributed by atoms with E-state index in [1.807, 2.05) is 12.1 Å². The predicted octanol–water partition coefficient (Wildman–Crippen LogP) is 1.95. The lowest BCUT2D eigenvalue weighted by Gasteiger charge is -2.10. The van der Waals surface area contributed by atoms with Gasteiger partial charge in [-0.15, -0.1) is 0 Å². The number of aliphatic hydroxyl groups is 1. The summed E-state index contributed by atoms with van der Waals surface area (Å²) in [5.41, 5.74) is 2.01. The molecule has 0 saturated heterocycles. The van der Waals surface area contributed by atoms with Crippen molar-refractivity contribution < 1.29 is 9.84 Å². The van der Waals surface area contributed by atoms with Crippen LogP contribution in [0.2, 0.25) is 5.02 Å². The van der Waals surface area contributed by atoms with Crippen LogP contribution >= 0.6 is 11.6 Å². The largest absolute Gasteiger partial charge is 0.493 e. The normalized spacial score (nSPS) is 15.1. The van der Waals surface area contributed by atoms with Crippen LogP contribution in [0.15, 0.2) is 12.1 Å². The predicted molar refractivity (Wildman–Crippen MR) is 60.5 cm³/mol. The number of nitriles is 1. The Kier molecular flexibility index (Phi) is 3.33. The zero-order valence-corrected chi connectivity index (χ0v) is 9.50. The van der Waals surface area contributed by atoms with Crippen molar-refractivity contribution in [1.29, 1.82) is 5.26 Å². The second-order valence-electron chi connectivity index (χ2n) is 3.86. The average Bonchev–Trinajstić information content (AvgIpc) is 2.73. The van der Waals surface area contributed by atoms with Gasteiger partial charge in [0.25, 0.3) is 0 Å². The monoisotopic (exact) mass is 237 g/mol. The molecule has 1 aromatic rings. The van der Waals surface area contributed by atoms with E-state index in [0.717, 1.165) is 23.3 Å². The second-order valence-corrected chi connectivity index (χ2v) is 4.30. The summed E-state index contributed by atoms with van der Waals surface area (Å²) in [6.45, 7) is 0.525. The third-order valence-electron chi connectivity index (χ3n) is 2.69. The van der Waals surface area contributed by atoms with Crippen LogP contribution in [-0.4, -0.2) is 18.3 Å². The molecule has 0 fully saturated rings. The van der Waals surface area contributed by atoms with Gasteiger partial charge in [-0.25, -0.2) is 0 Å². The molecule has 0 aromatic heterocycles. The summed E-state index contributed by atoms with van der Waals surface area (Å²) in [5.74, 6) is 0.449. The molecule has 1 atom stereocenters. The van der Waals surface area contributed by atoms with E-state index in [-0.39, 0.29) is 6.61 Å². The lowest BCUT2D eigenvalue weighted by Crippen LogP contribution is -2.07. The van der Waals surface area contributed by atoms with Gasteiger partial charge in [-0.3, -0.25) is 0 Å². The van der Waals surface area contributed by atoms with Gasteiger partial charge in [0, 0.05) is 11.4 Å². The molecule has 4 heteroatoms. The van der Waals surface area contributed by atoms with E-state index in [1.165, 1.54) is 0 Å². The topological polar surface area (TPSA) is 53.2 Å². The van der Waals surface area contributed by atoms with Gasteiger partial charge in [0.05, 0.1) is 25.2 Å². The van der Waals surface area contributed by atoms with E-state index < -0.39 is 5.92 Å². The molecule has 1 N–H and O–H groups in total. The molecule has 1 aromatic carbocycles. The van der Waals surface area contributed by atoms with E-state index >= 15 is 0 Å². The number of nitrogens with zero attached hydrogens (tertiary/aromatic N) is 1. The molecule has 0 radical (unpaired) electrons. The summed E-state index contributed by atoms with van der Waals surface area (Å²) >= 11 is 6.00. The summed E-state index contributed by atoms with van der Waals surface area (Å²) in [6.07, 6.45) is 1.34. The second kappa shape index (κ2) is 4.73. The zero-order valence-electron chi connectivity index (χ0n) is 8.74. The maximum absolute atomic E-state index is 9.01. The quantitative estimate of drug-likeness (QED) is 0.874. The van der Waals surface area contributed by atoms with E-state index in [1.54, 1.807) is 0 Å². The maximum atomic E-state index is 9.01. The van der Waals surface area contributed by atoms with E-state index in [9.17, 15) is 0 Å². The first kappa shape index (κ1) is 11.3. The number of hydrogen-bond acceptors (Lipinski definition) is 3. The van der Waals surface area contributed by atoms with Crippen molar-refractivity contribution in [2.75, 3.05) is 13.2 Å². The van der Waals surface area contributed by atoms with Gasteiger partial charge in [0.2, 0.25) is 0 Å². The number of benzene rings is 1. The van der Waals surface area contributed by atoms with Gasteiger partial charge in [-0.1, -0.05) is 11.6 Å². The minimum absolute atomic E-state index is 0.141. The average molecular weight is 238 g/mol. The highest BCUT2D eigenvalue weighted by Crippen LogP contribution is 2.34. The number of halogens is 1. The SMILES string of the molecule is N#CC(CO)Cc1cc(Cl)cc2c1OCC2. The van der Waals surface area contributed by atoms with Crippen LogP contribution in [0.4, 0.5) is 0 Å². The molecule has 0 saturated carbocycles. The Morgan fingerprint density at radius 1 is 1.56 bits per heavy atom. The third kappa shape index (κ3) is 2.13. The highest BCUT2D eigenvalue weighted by Gasteiger charge is 2.19. The number of fused-ring (bicyclic) bond motifs is 1. The molecule has 84 valence electrons. The van der Waals surface area contributed by atoms with E-state index in [0.29, 0.717) is 18.1 Å². The maximum Gasteiger partial charge on any atom is 0.125 e. The van der Waals surface area contributed by atoms with E-state index in [4.69, 9.17) is 26.7 Å². The van der Waals surface area contributed by atoms with Crippen LogP contribution in [0.3, 0.4) is 0 Å². The number of ether oxygens (including phenoxy) is 1. The number of hydrogen-bond donors (Lipinski definition) is 1. The van der Waals surface area contributed by atoms with Crippen LogP contribution in [0.25, 0.3) is 0 Å². The number of aliphatic hydroxyl groups excluding tert-OH is 1. The van der Waals surface area contributed by atoms with Gasteiger partial charge in [0.15, 0.2) is 0 Å². The van der Waals surface area contributed by atoms with Gasteiger partial charge < -0.3 is 9.84 Å². The summed E-state index contributed by atoms with van der Waals surface area (Å²) in [7, 11) is 0. The molecule has 1 unspecified atom stereocenters. The van der Waals surface area contributed by atoms with Crippen molar-refractivity contribution in [3.63, 3.8) is 0 Å². The standard InChI is InChI=1S/C12H12ClNO2/c13-11-4-9-1-2-16-12(9)10(5-11)3-8(6-14)7-15/h4-5,8,15H,1-3,7H2. The van der Waals surface area contributed by atoms with Crippen molar-refractivity contribution in [1.82, 2.24) is 0 Å². The summed E-state index contributed by atoms with van der Waals surface area (Å²) in [4.78, 5) is 0. The first-order chi connectivity index (χ1) is 7.74. The summed E-state index contributed by atoms with van der Waals surface area (Å²) in [6, 6.07) is 5.77. The Bertz CT molecular complexity index is 439. The van der Waals surface area contributed by atoms with Gasteiger partial charge in [-0.2, -0.15) is 5.26 Å². The van der Waals surface area contributed by atoms with E-state index in [2.05, 4.69) is 6.07 Å². The molecule has 16 heavy (non-hydrogen) atoms. The highest BCUT2D eigenvalue weighted by molar-refractivity contribution is 6.30. The van der Waals surface area contributed by atoms with Gasteiger partial charge in [-0.05, 0) is 29.7 Å². The fourth-order valence-electron chi connectivity index (χ4n) is 1.91. The minimum atomic E-state index is -0.397. The van der Waals surface area contributed by atoms with Crippen molar-refractivity contribution in [3.05, 3.63) is 28.3 Å². The van der Waals surface area contributed by atoms with Crippen molar-refractivity contribution in [2.45, 2.75) is 12.8 Å². The van der Waals surface area contributed by atoms with Crippen molar-refractivity contribution in [2.24, 2.45) is 5.92 Å². The van der Waals surface area contributed by atoms with Gasteiger partial charge in [0.1, 0.15) is 5.75 Å². The fraction of sp³-hybridized carbons (Fsp3) is 0.417. The van der Waals surface area contributed by atoms with Crippen molar-refractivity contribution >= 4 is 11.6 Å². The van der Waals surface area contributed by atoms with Crippen molar-refractivity contribution in [3.8, 4) is 11.8 Å². The molecule has 0 bridgehead atoms. The highest BCUT2D eigenvalue weighted by atomic mass is 35.5. The first-order valence-corrected chi connectivity index (χ1v) is 5.57. The minimum Gasteiger partial charge on any atom is -0.493 e. The van der Waals surface area contributed by atoms with Crippen LogP contribution in [-0.2, 0) is 12.8 Å². The fourth-order valence-corrected chi connectivity index (χ4v) is 2.18. The van der Waals surface area contributed by atoms with Crippen LogP contribution in [0.1, 0.15) is 11.1 Å². The lowest BCUT2D eigenvalue weighted by atomic mass is 9.98. The third-order valence-corrected chi connectivity index (χ3v) is 2.91. The van der Waals surface area contributed by atoms with Crippen LogP contribution in [0, 0.1) is 17.2 Å². The molecular weight excluding hydrogens is 226 g/mol. The summed E-state index contributed by atoms with van der Waals surface area (Å²) in [5, 5.41) is 18.5. The molecule has 0 amide bonds. The number of rotatable bonds is 3. The summed E-state index contributed by atoms with van der Waals surface area (Å²) < 4.78 is 5.52. The van der Waals surface area contributed by atoms with Gasteiger partial charge >= 0.3 is 0 Å². The molecule has 2 rings (SSSR count).